The number of hydrogen-bond donors (Lipinski definition) is 1. The van der Waals surface area contributed by atoms with Crippen LogP contribution in [0.2, 0.25) is 0 Å². The molecule has 2 aromatic rings. The third-order valence-electron chi connectivity index (χ3n) is 6.19. The monoisotopic (exact) mass is 442 g/mol. The van der Waals surface area contributed by atoms with E-state index in [0.29, 0.717) is 30.0 Å². The van der Waals surface area contributed by atoms with Gasteiger partial charge in [-0.25, -0.2) is 18.4 Å². The van der Waals surface area contributed by atoms with Crippen molar-refractivity contribution >= 4 is 15.9 Å². The average Bonchev–Trinajstić information content (AvgIpc) is 3.26. The number of amides is 1. The van der Waals surface area contributed by atoms with Crippen molar-refractivity contribution in [1.29, 1.82) is 0 Å². The summed E-state index contributed by atoms with van der Waals surface area (Å²) in [7, 11) is -3.55. The van der Waals surface area contributed by atoms with Crippen molar-refractivity contribution in [3.05, 3.63) is 59.2 Å². The van der Waals surface area contributed by atoms with Crippen LogP contribution in [0.1, 0.15) is 78.4 Å². The zero-order valence-electron chi connectivity index (χ0n) is 18.0. The quantitative estimate of drug-likeness (QED) is 0.739. The molecule has 1 aliphatic carbocycles. The van der Waals surface area contributed by atoms with Crippen LogP contribution in [0.15, 0.2) is 36.5 Å². The fourth-order valence-electron chi connectivity index (χ4n) is 4.64. The molecular formula is C23H30N4O3S. The van der Waals surface area contributed by atoms with Gasteiger partial charge in [0.2, 0.25) is 10.0 Å². The predicted molar refractivity (Wildman–Crippen MR) is 119 cm³/mol. The van der Waals surface area contributed by atoms with Crippen LogP contribution >= 0.6 is 0 Å². The average molecular weight is 443 g/mol. The van der Waals surface area contributed by atoms with E-state index < -0.39 is 16.1 Å². The lowest BCUT2D eigenvalue weighted by Crippen LogP contribution is -2.38. The van der Waals surface area contributed by atoms with E-state index in [1.54, 1.807) is 13.1 Å². The first kappa shape index (κ1) is 21.9. The summed E-state index contributed by atoms with van der Waals surface area (Å²) < 4.78 is 28.0. The first-order chi connectivity index (χ1) is 14.9. The lowest BCUT2D eigenvalue weighted by Gasteiger charge is -2.26. The molecule has 166 valence electrons. The highest BCUT2D eigenvalue weighted by atomic mass is 32.2. The zero-order valence-corrected chi connectivity index (χ0v) is 18.8. The normalized spacial score (nSPS) is 20.6. The highest BCUT2D eigenvalue weighted by molar-refractivity contribution is 7.88. The predicted octanol–water partition coefficient (Wildman–Crippen LogP) is 3.51. The number of nitrogens with zero attached hydrogens (tertiary/aromatic N) is 3. The van der Waals surface area contributed by atoms with Crippen LogP contribution < -0.4 is 5.32 Å². The molecule has 1 aromatic carbocycles. The van der Waals surface area contributed by atoms with Crippen LogP contribution in [-0.2, 0) is 15.8 Å². The maximum absolute atomic E-state index is 13.3. The van der Waals surface area contributed by atoms with Gasteiger partial charge in [0.15, 0.2) is 0 Å². The Labute approximate surface area is 184 Å². The van der Waals surface area contributed by atoms with E-state index in [1.807, 2.05) is 30.3 Å². The molecule has 1 atom stereocenters. The van der Waals surface area contributed by atoms with Crippen molar-refractivity contribution in [2.45, 2.75) is 69.7 Å². The Morgan fingerprint density at radius 2 is 1.84 bits per heavy atom. The Bertz CT molecular complexity index is 1020. The van der Waals surface area contributed by atoms with Crippen LogP contribution in [-0.4, -0.2) is 41.2 Å². The molecule has 1 aliphatic heterocycles. The molecule has 0 bridgehead atoms. The van der Waals surface area contributed by atoms with E-state index in [1.165, 1.54) is 10.7 Å². The van der Waals surface area contributed by atoms with Crippen LogP contribution in [0.4, 0.5) is 0 Å². The van der Waals surface area contributed by atoms with Crippen molar-refractivity contribution in [2.24, 2.45) is 0 Å². The molecule has 0 spiro atoms. The fourth-order valence-corrected chi connectivity index (χ4v) is 6.42. The van der Waals surface area contributed by atoms with E-state index in [9.17, 15) is 13.2 Å². The maximum atomic E-state index is 13.3. The maximum Gasteiger partial charge on any atom is 0.254 e. The molecule has 1 saturated heterocycles. The lowest BCUT2D eigenvalue weighted by molar-refractivity contribution is 0.0924. The first-order valence-corrected chi connectivity index (χ1v) is 12.7. The molecule has 2 fully saturated rings. The van der Waals surface area contributed by atoms with Gasteiger partial charge in [-0.1, -0.05) is 49.6 Å². The van der Waals surface area contributed by atoms with Crippen LogP contribution in [0, 0.1) is 6.92 Å². The van der Waals surface area contributed by atoms with Crippen molar-refractivity contribution in [3.63, 3.8) is 0 Å². The summed E-state index contributed by atoms with van der Waals surface area (Å²) >= 11 is 0. The van der Waals surface area contributed by atoms with Gasteiger partial charge in [0, 0.05) is 18.8 Å². The summed E-state index contributed by atoms with van der Waals surface area (Å²) in [6, 6.07) is 8.91. The molecule has 8 heteroatoms. The fraction of sp³-hybridized carbons (Fsp3) is 0.522. The first-order valence-electron chi connectivity index (χ1n) is 11.1. The Morgan fingerprint density at radius 3 is 2.58 bits per heavy atom. The Balaban J connectivity index is 1.60. The van der Waals surface area contributed by atoms with Gasteiger partial charge >= 0.3 is 0 Å². The molecule has 7 nitrogen and oxygen atoms in total. The van der Waals surface area contributed by atoms with Gasteiger partial charge in [-0.05, 0) is 38.2 Å². The molecular weight excluding hydrogens is 412 g/mol. The van der Waals surface area contributed by atoms with E-state index in [4.69, 9.17) is 0 Å². The minimum Gasteiger partial charge on any atom is -0.349 e. The molecule has 31 heavy (non-hydrogen) atoms. The molecule has 1 aromatic heterocycles. The summed E-state index contributed by atoms with van der Waals surface area (Å²) in [4.78, 5) is 21.9. The van der Waals surface area contributed by atoms with E-state index in [0.717, 1.165) is 37.7 Å². The molecule has 1 amide bonds. The smallest absolute Gasteiger partial charge is 0.254 e. The van der Waals surface area contributed by atoms with E-state index >= 15 is 0 Å². The molecule has 0 radical (unpaired) electrons. The minimum atomic E-state index is -3.55. The Hall–Kier alpha value is -2.32. The Morgan fingerprint density at radius 1 is 1.10 bits per heavy atom. The van der Waals surface area contributed by atoms with Gasteiger partial charge in [-0.15, -0.1) is 0 Å². The van der Waals surface area contributed by atoms with Gasteiger partial charge in [0.25, 0.3) is 5.91 Å². The second-order valence-corrected chi connectivity index (χ2v) is 10.5. The van der Waals surface area contributed by atoms with Crippen LogP contribution in [0.3, 0.4) is 0 Å². The highest BCUT2D eigenvalue weighted by Crippen LogP contribution is 2.36. The number of aromatic nitrogens is 2. The number of hydrogen-bond acceptors (Lipinski definition) is 5. The summed E-state index contributed by atoms with van der Waals surface area (Å²) in [6.07, 6.45) is 8.35. The summed E-state index contributed by atoms with van der Waals surface area (Å²) in [5.41, 5.74) is 1.67. The zero-order chi connectivity index (χ0) is 21.8. The molecule has 1 saturated carbocycles. The SMILES string of the molecule is Cc1ncc(C(=O)NC2CCCCC2)c(C2CCCN2S(=O)(=O)Cc2ccccc2)n1. The van der Waals surface area contributed by atoms with E-state index in [2.05, 4.69) is 15.3 Å². The van der Waals surface area contributed by atoms with Gasteiger partial charge < -0.3 is 5.32 Å². The molecule has 2 heterocycles. The van der Waals surface area contributed by atoms with Gasteiger partial charge in [0.1, 0.15) is 5.82 Å². The van der Waals surface area contributed by atoms with Crippen molar-refractivity contribution < 1.29 is 13.2 Å². The van der Waals surface area contributed by atoms with Crippen LogP contribution in [0.5, 0.6) is 0 Å². The standard InChI is InChI=1S/C23H30N4O3S/c1-17-24-15-20(23(28)26-19-11-6-3-7-12-19)22(25-17)21-13-8-14-27(21)31(29,30)16-18-9-4-2-5-10-18/h2,4-5,9-10,15,19,21H,3,6-8,11-14,16H2,1H3,(H,26,28). The number of carbonyl (C=O) groups excluding carboxylic acids is 1. The van der Waals surface area contributed by atoms with Crippen molar-refractivity contribution in [1.82, 2.24) is 19.6 Å². The van der Waals surface area contributed by atoms with Gasteiger partial charge in [-0.3, -0.25) is 4.79 Å². The highest BCUT2D eigenvalue weighted by Gasteiger charge is 2.38. The second-order valence-electron chi connectivity index (χ2n) is 8.54. The summed E-state index contributed by atoms with van der Waals surface area (Å²) in [5, 5.41) is 3.12. The summed E-state index contributed by atoms with van der Waals surface area (Å²) in [6.45, 7) is 2.21. The van der Waals surface area contributed by atoms with Gasteiger partial charge in [0.05, 0.1) is 23.1 Å². The number of aryl methyl sites for hydroxylation is 1. The van der Waals surface area contributed by atoms with Crippen molar-refractivity contribution in [3.8, 4) is 0 Å². The summed E-state index contributed by atoms with van der Waals surface area (Å²) in [5.74, 6) is 0.281. The Kier molecular flexibility index (Phi) is 6.67. The number of carbonyl (C=O) groups is 1. The topological polar surface area (TPSA) is 92.3 Å². The minimum absolute atomic E-state index is 0.0575. The number of sulfonamides is 1. The van der Waals surface area contributed by atoms with Crippen molar-refractivity contribution in [2.75, 3.05) is 6.54 Å². The van der Waals surface area contributed by atoms with E-state index in [-0.39, 0.29) is 17.7 Å². The molecule has 1 unspecified atom stereocenters. The second kappa shape index (κ2) is 9.44. The number of benzene rings is 1. The lowest BCUT2D eigenvalue weighted by atomic mass is 9.95. The third-order valence-corrected chi connectivity index (χ3v) is 8.04. The number of rotatable bonds is 6. The molecule has 1 N–H and O–H groups in total. The molecule has 4 rings (SSSR count). The number of nitrogens with one attached hydrogen (secondary N) is 1. The van der Waals surface area contributed by atoms with Gasteiger partial charge in [-0.2, -0.15) is 4.31 Å². The molecule has 2 aliphatic rings. The third kappa shape index (κ3) is 5.13. The largest absolute Gasteiger partial charge is 0.349 e. The van der Waals surface area contributed by atoms with Crippen LogP contribution in [0.25, 0.3) is 0 Å².